The van der Waals surface area contributed by atoms with Crippen LogP contribution >= 0.6 is 11.3 Å². The number of thiazole rings is 1. The van der Waals surface area contributed by atoms with Crippen molar-refractivity contribution in [3.05, 3.63) is 11.1 Å². The molecule has 2 N–H and O–H groups in total. The van der Waals surface area contributed by atoms with Gasteiger partial charge in [-0.2, -0.15) is 0 Å². The lowest BCUT2D eigenvalue weighted by atomic mass is 10.1. The average Bonchev–Trinajstić information content (AvgIpc) is 3.32. The molecule has 0 aromatic carbocycles. The van der Waals surface area contributed by atoms with Gasteiger partial charge >= 0.3 is 0 Å². The Hall–Kier alpha value is -0.980. The van der Waals surface area contributed by atoms with Gasteiger partial charge in [0.15, 0.2) is 5.13 Å². The topological polar surface area (TPSA) is 65.5 Å². The first-order valence-electron chi connectivity index (χ1n) is 7.19. The Morgan fingerprint density at radius 1 is 1.60 bits per heavy atom. The number of rotatable bonds is 7. The molecule has 20 heavy (non-hydrogen) atoms. The first-order chi connectivity index (χ1) is 9.63. The molecule has 1 amide bonds. The molecule has 2 saturated carbocycles. The third kappa shape index (κ3) is 3.02. The minimum absolute atomic E-state index is 0.0820. The smallest absolute Gasteiger partial charge is 0.225 e. The number of aliphatic hydroxyl groups is 1. The number of nitrogens with zero attached hydrogens (tertiary/aromatic N) is 2. The van der Waals surface area contributed by atoms with E-state index in [1.165, 1.54) is 11.3 Å². The lowest BCUT2D eigenvalue weighted by Gasteiger charge is -2.16. The van der Waals surface area contributed by atoms with Gasteiger partial charge in [-0.1, -0.05) is 0 Å². The van der Waals surface area contributed by atoms with Crippen molar-refractivity contribution in [3.8, 4) is 0 Å². The highest BCUT2D eigenvalue weighted by Crippen LogP contribution is 2.44. The van der Waals surface area contributed by atoms with Gasteiger partial charge in [-0.15, -0.1) is 11.3 Å². The number of aliphatic hydroxyl groups excluding tert-OH is 1. The number of hydrogen-bond acceptors (Lipinski definition) is 5. The molecule has 0 bridgehead atoms. The van der Waals surface area contributed by atoms with Crippen molar-refractivity contribution in [2.24, 2.45) is 5.41 Å². The van der Waals surface area contributed by atoms with Crippen LogP contribution in [0.3, 0.4) is 0 Å². The fourth-order valence-electron chi connectivity index (χ4n) is 2.39. The summed E-state index contributed by atoms with van der Waals surface area (Å²) in [5.41, 5.74) is 1.10. The van der Waals surface area contributed by atoms with Gasteiger partial charge in [0.1, 0.15) is 0 Å². The van der Waals surface area contributed by atoms with Crippen LogP contribution in [-0.2, 0) is 11.3 Å². The van der Waals surface area contributed by atoms with Crippen molar-refractivity contribution in [2.45, 2.75) is 45.2 Å². The van der Waals surface area contributed by atoms with E-state index in [4.69, 9.17) is 0 Å². The number of carbonyl (C=O) groups is 1. The lowest BCUT2D eigenvalue weighted by molar-refractivity contribution is -0.116. The van der Waals surface area contributed by atoms with E-state index < -0.39 is 0 Å². The zero-order chi connectivity index (χ0) is 14.2. The Morgan fingerprint density at radius 3 is 2.90 bits per heavy atom. The van der Waals surface area contributed by atoms with Crippen LogP contribution < -0.4 is 10.2 Å². The molecule has 0 radical (unpaired) electrons. The zero-order valence-electron chi connectivity index (χ0n) is 11.8. The number of carbonyl (C=O) groups excluding carboxylic acids is 1. The molecule has 0 saturated heterocycles. The van der Waals surface area contributed by atoms with Crippen LogP contribution in [0.15, 0.2) is 5.38 Å². The van der Waals surface area contributed by atoms with Crippen LogP contribution in [0.5, 0.6) is 0 Å². The third-order valence-corrected chi connectivity index (χ3v) is 4.98. The molecular formula is C14H21N3O2S. The van der Waals surface area contributed by atoms with Gasteiger partial charge in [0.05, 0.1) is 5.69 Å². The molecule has 110 valence electrons. The van der Waals surface area contributed by atoms with Gasteiger partial charge < -0.3 is 10.4 Å². The highest BCUT2D eigenvalue weighted by Gasteiger charge is 2.41. The first-order valence-corrected chi connectivity index (χ1v) is 8.07. The molecule has 1 heterocycles. The summed E-state index contributed by atoms with van der Waals surface area (Å²) in [6.45, 7) is 3.42. The van der Waals surface area contributed by atoms with E-state index in [-0.39, 0.29) is 17.9 Å². The molecule has 6 heteroatoms. The Balaban J connectivity index is 1.55. The summed E-state index contributed by atoms with van der Waals surface area (Å²) in [5.74, 6) is 0.0820. The Kier molecular flexibility index (Phi) is 3.79. The minimum Gasteiger partial charge on any atom is -0.396 e. The van der Waals surface area contributed by atoms with E-state index in [0.717, 1.165) is 43.1 Å². The quantitative estimate of drug-likeness (QED) is 0.800. The molecule has 3 rings (SSSR count). The van der Waals surface area contributed by atoms with Gasteiger partial charge in [0.2, 0.25) is 5.91 Å². The van der Waals surface area contributed by atoms with Crippen molar-refractivity contribution < 1.29 is 9.90 Å². The standard InChI is InChI=1S/C14H21N3O2S/c1-10(19)17(12-2-3-12)13-16-11(7-20-13)6-15-8-14(9-18)4-5-14/h7,12,15,18H,2-6,8-9H2,1H3. The van der Waals surface area contributed by atoms with Gasteiger partial charge in [-0.05, 0) is 25.7 Å². The number of anilines is 1. The number of hydrogen-bond donors (Lipinski definition) is 2. The van der Waals surface area contributed by atoms with Gasteiger partial charge in [-0.3, -0.25) is 9.69 Å². The van der Waals surface area contributed by atoms with Crippen LogP contribution in [0.2, 0.25) is 0 Å². The van der Waals surface area contributed by atoms with E-state index in [2.05, 4.69) is 10.3 Å². The van der Waals surface area contributed by atoms with Gasteiger partial charge in [0, 0.05) is 43.5 Å². The molecule has 0 spiro atoms. The SMILES string of the molecule is CC(=O)N(c1nc(CNCC2(CO)CC2)cs1)C1CC1. The van der Waals surface area contributed by atoms with Crippen molar-refractivity contribution in [1.82, 2.24) is 10.3 Å². The second-order valence-electron chi connectivity index (χ2n) is 6.00. The normalized spacial score (nSPS) is 19.9. The maximum absolute atomic E-state index is 11.7. The molecule has 2 fully saturated rings. The molecule has 5 nitrogen and oxygen atoms in total. The van der Waals surface area contributed by atoms with Crippen LogP contribution in [0.4, 0.5) is 5.13 Å². The van der Waals surface area contributed by atoms with Crippen LogP contribution in [-0.4, -0.2) is 35.2 Å². The largest absolute Gasteiger partial charge is 0.396 e. The zero-order valence-corrected chi connectivity index (χ0v) is 12.6. The predicted molar refractivity (Wildman–Crippen MR) is 78.8 cm³/mol. The van der Waals surface area contributed by atoms with E-state index in [1.807, 2.05) is 10.3 Å². The molecule has 0 atom stereocenters. The minimum atomic E-state index is 0.0820. The van der Waals surface area contributed by atoms with Crippen molar-refractivity contribution in [1.29, 1.82) is 0 Å². The second-order valence-corrected chi connectivity index (χ2v) is 6.84. The van der Waals surface area contributed by atoms with Crippen LogP contribution in [0.25, 0.3) is 0 Å². The molecular weight excluding hydrogens is 274 g/mol. The van der Waals surface area contributed by atoms with E-state index in [0.29, 0.717) is 12.6 Å². The molecule has 1 aromatic heterocycles. The highest BCUT2D eigenvalue weighted by atomic mass is 32.1. The summed E-state index contributed by atoms with van der Waals surface area (Å²) in [6, 6.07) is 0.364. The van der Waals surface area contributed by atoms with Crippen LogP contribution in [0, 0.1) is 5.41 Å². The third-order valence-electron chi connectivity index (χ3n) is 4.10. The Bertz CT molecular complexity index is 494. The fourth-order valence-corrected chi connectivity index (χ4v) is 3.33. The van der Waals surface area contributed by atoms with E-state index >= 15 is 0 Å². The molecule has 2 aliphatic carbocycles. The van der Waals surface area contributed by atoms with E-state index in [9.17, 15) is 9.90 Å². The summed E-state index contributed by atoms with van der Waals surface area (Å²) in [5, 5.41) is 15.5. The summed E-state index contributed by atoms with van der Waals surface area (Å²) in [4.78, 5) is 18.1. The average molecular weight is 295 g/mol. The monoisotopic (exact) mass is 295 g/mol. The van der Waals surface area contributed by atoms with Gasteiger partial charge in [-0.25, -0.2) is 4.98 Å². The van der Waals surface area contributed by atoms with Gasteiger partial charge in [0.25, 0.3) is 0 Å². The molecule has 1 aromatic rings. The fraction of sp³-hybridized carbons (Fsp3) is 0.714. The molecule has 2 aliphatic rings. The maximum atomic E-state index is 11.7. The Labute approximate surface area is 123 Å². The van der Waals surface area contributed by atoms with Crippen molar-refractivity contribution in [2.75, 3.05) is 18.1 Å². The number of amides is 1. The van der Waals surface area contributed by atoms with Crippen molar-refractivity contribution in [3.63, 3.8) is 0 Å². The summed E-state index contributed by atoms with van der Waals surface area (Å²) >= 11 is 1.54. The van der Waals surface area contributed by atoms with E-state index in [1.54, 1.807) is 6.92 Å². The number of nitrogens with one attached hydrogen (secondary N) is 1. The highest BCUT2D eigenvalue weighted by molar-refractivity contribution is 7.14. The molecule has 0 aliphatic heterocycles. The number of aromatic nitrogens is 1. The summed E-state index contributed by atoms with van der Waals surface area (Å²) < 4.78 is 0. The lowest BCUT2D eigenvalue weighted by Crippen LogP contribution is -2.30. The van der Waals surface area contributed by atoms with Crippen molar-refractivity contribution >= 4 is 22.4 Å². The predicted octanol–water partition coefficient (Wildman–Crippen LogP) is 1.52. The summed E-state index contributed by atoms with van der Waals surface area (Å²) in [6.07, 6.45) is 4.40. The summed E-state index contributed by atoms with van der Waals surface area (Å²) in [7, 11) is 0. The Morgan fingerprint density at radius 2 is 2.35 bits per heavy atom. The molecule has 0 unspecified atom stereocenters. The second kappa shape index (κ2) is 5.42. The van der Waals surface area contributed by atoms with Crippen LogP contribution in [0.1, 0.15) is 38.3 Å². The first kappa shape index (κ1) is 14.0. The maximum Gasteiger partial charge on any atom is 0.225 e.